The third kappa shape index (κ3) is 4.50. The lowest BCUT2D eigenvalue weighted by Gasteiger charge is -2.10. The van der Waals surface area contributed by atoms with Gasteiger partial charge in [-0.3, -0.25) is 4.74 Å². The van der Waals surface area contributed by atoms with Crippen molar-refractivity contribution < 1.29 is 32.5 Å². The van der Waals surface area contributed by atoms with Crippen LogP contribution in [0, 0.1) is 0 Å². The van der Waals surface area contributed by atoms with Crippen molar-refractivity contribution >= 4 is 11.7 Å². The van der Waals surface area contributed by atoms with E-state index in [-0.39, 0.29) is 23.6 Å². The maximum absolute atomic E-state index is 11.6. The van der Waals surface area contributed by atoms with Crippen LogP contribution >= 0.6 is 0 Å². The molecule has 5 nitrogen and oxygen atoms in total. The number of carbonyl (C=O) groups is 1. The molecule has 0 heterocycles. The summed E-state index contributed by atoms with van der Waals surface area (Å²) >= 11 is 0. The summed E-state index contributed by atoms with van der Waals surface area (Å²) in [6.07, 6.45) is -4.71. The van der Waals surface area contributed by atoms with Crippen molar-refractivity contribution in [3.8, 4) is 5.75 Å². The highest BCUT2D eigenvalue weighted by Crippen LogP contribution is 2.23. The first-order chi connectivity index (χ1) is 8.29. The maximum atomic E-state index is 11.6. The number of carboxylic acids is 1. The van der Waals surface area contributed by atoms with Crippen molar-refractivity contribution in [3.05, 3.63) is 23.8 Å². The summed E-state index contributed by atoms with van der Waals surface area (Å²) in [5, 5.41) is 8.66. The minimum Gasteiger partial charge on any atom is -0.489 e. The van der Waals surface area contributed by atoms with E-state index in [2.05, 4.69) is 4.74 Å². The number of nitrogens with two attached hydrogens (primary N) is 1. The van der Waals surface area contributed by atoms with Crippen molar-refractivity contribution in [2.24, 2.45) is 0 Å². The Morgan fingerprint density at radius 2 is 2.00 bits per heavy atom. The Morgan fingerprint density at radius 1 is 1.33 bits per heavy atom. The number of ether oxygens (including phenoxy) is 2. The van der Waals surface area contributed by atoms with Gasteiger partial charge >= 0.3 is 12.3 Å². The minimum absolute atomic E-state index is 0.0295. The molecule has 3 N–H and O–H groups in total. The molecule has 0 unspecified atom stereocenters. The van der Waals surface area contributed by atoms with Crippen LogP contribution in [0.15, 0.2) is 18.2 Å². The van der Waals surface area contributed by atoms with E-state index in [0.717, 1.165) is 6.07 Å². The van der Waals surface area contributed by atoms with Gasteiger partial charge in [0.25, 0.3) is 0 Å². The van der Waals surface area contributed by atoms with Crippen LogP contribution in [0.3, 0.4) is 0 Å². The van der Waals surface area contributed by atoms with E-state index in [4.69, 9.17) is 15.6 Å². The molecule has 0 aromatic heterocycles. The van der Waals surface area contributed by atoms with E-state index in [9.17, 15) is 18.0 Å². The molecule has 1 aromatic carbocycles. The number of nitrogen functional groups attached to an aromatic ring is 1. The Labute approximate surface area is 99.9 Å². The molecule has 18 heavy (non-hydrogen) atoms. The molecular weight excluding hydrogens is 255 g/mol. The largest absolute Gasteiger partial charge is 0.522 e. The van der Waals surface area contributed by atoms with Crippen LogP contribution in [-0.4, -0.2) is 30.7 Å². The standard InChI is InChI=1S/C10H10F3NO4/c11-10(12,13)18-4-3-17-8-2-1-6(9(15)16)5-7(8)14/h1-2,5H,3-4,14H2,(H,15,16). The van der Waals surface area contributed by atoms with E-state index in [1.54, 1.807) is 0 Å². The number of carboxylic acid groups (broad SMARTS) is 1. The van der Waals surface area contributed by atoms with E-state index >= 15 is 0 Å². The summed E-state index contributed by atoms with van der Waals surface area (Å²) in [4.78, 5) is 10.6. The Kier molecular flexibility index (Phi) is 4.38. The third-order valence-electron chi connectivity index (χ3n) is 1.86. The quantitative estimate of drug-likeness (QED) is 0.627. The van der Waals surface area contributed by atoms with Gasteiger partial charge in [0.2, 0.25) is 0 Å². The molecule has 8 heteroatoms. The van der Waals surface area contributed by atoms with Gasteiger partial charge in [0.05, 0.1) is 17.9 Å². The number of hydrogen-bond acceptors (Lipinski definition) is 4. The van der Waals surface area contributed by atoms with Crippen molar-refractivity contribution in [1.29, 1.82) is 0 Å². The number of aromatic carboxylic acids is 1. The second-order valence-electron chi connectivity index (χ2n) is 3.20. The lowest BCUT2D eigenvalue weighted by Crippen LogP contribution is -2.18. The van der Waals surface area contributed by atoms with Crippen LogP contribution in [0.25, 0.3) is 0 Å². The van der Waals surface area contributed by atoms with Gasteiger partial charge in [-0.2, -0.15) is 0 Å². The monoisotopic (exact) mass is 265 g/mol. The smallest absolute Gasteiger partial charge is 0.489 e. The molecule has 0 amide bonds. The number of hydrogen-bond donors (Lipinski definition) is 2. The van der Waals surface area contributed by atoms with Crippen molar-refractivity contribution in [2.45, 2.75) is 6.36 Å². The molecule has 0 bridgehead atoms. The Balaban J connectivity index is 2.51. The molecule has 1 aromatic rings. The Bertz CT molecular complexity index is 434. The first-order valence-electron chi connectivity index (χ1n) is 4.76. The average molecular weight is 265 g/mol. The fraction of sp³-hybridized carbons (Fsp3) is 0.300. The van der Waals surface area contributed by atoms with Gasteiger partial charge in [-0.15, -0.1) is 13.2 Å². The molecule has 100 valence electrons. The Morgan fingerprint density at radius 3 is 2.50 bits per heavy atom. The first kappa shape index (κ1) is 14.1. The highest BCUT2D eigenvalue weighted by atomic mass is 19.4. The third-order valence-corrected chi connectivity index (χ3v) is 1.86. The molecule has 0 aliphatic carbocycles. The molecule has 1 rings (SSSR count). The van der Waals surface area contributed by atoms with Crippen molar-refractivity contribution in [1.82, 2.24) is 0 Å². The summed E-state index contributed by atoms with van der Waals surface area (Å²) in [5.74, 6) is -1.06. The van der Waals surface area contributed by atoms with Gasteiger partial charge < -0.3 is 15.6 Å². The van der Waals surface area contributed by atoms with Gasteiger partial charge in [0.1, 0.15) is 12.4 Å². The van der Waals surface area contributed by atoms with Gasteiger partial charge in [-0.1, -0.05) is 0 Å². The molecule has 0 aliphatic rings. The van der Waals surface area contributed by atoms with E-state index in [1.807, 2.05) is 0 Å². The zero-order chi connectivity index (χ0) is 13.8. The molecule has 0 aliphatic heterocycles. The highest BCUT2D eigenvalue weighted by molar-refractivity contribution is 5.89. The van der Waals surface area contributed by atoms with Crippen LogP contribution in [0.5, 0.6) is 5.75 Å². The molecule has 0 saturated heterocycles. The van der Waals surface area contributed by atoms with Crippen LogP contribution in [0.4, 0.5) is 18.9 Å². The second kappa shape index (κ2) is 5.58. The lowest BCUT2D eigenvalue weighted by atomic mass is 10.2. The fourth-order valence-corrected chi connectivity index (χ4v) is 1.12. The number of rotatable bonds is 5. The number of anilines is 1. The lowest BCUT2D eigenvalue weighted by molar-refractivity contribution is -0.325. The summed E-state index contributed by atoms with van der Waals surface area (Å²) < 4.78 is 43.3. The zero-order valence-corrected chi connectivity index (χ0v) is 9.03. The van der Waals surface area contributed by atoms with E-state index in [0.29, 0.717) is 0 Å². The average Bonchev–Trinajstić information content (AvgIpc) is 2.24. The summed E-state index contributed by atoms with van der Waals surface area (Å²) in [5.41, 5.74) is 5.47. The number of benzene rings is 1. The van der Waals surface area contributed by atoms with Gasteiger partial charge in [0, 0.05) is 0 Å². The van der Waals surface area contributed by atoms with Crippen LogP contribution in [-0.2, 0) is 4.74 Å². The van der Waals surface area contributed by atoms with E-state index in [1.165, 1.54) is 12.1 Å². The molecule has 0 radical (unpaired) electrons. The SMILES string of the molecule is Nc1cc(C(=O)O)ccc1OCCOC(F)(F)F. The van der Waals surface area contributed by atoms with Gasteiger partial charge in [-0.05, 0) is 18.2 Å². The fourth-order valence-electron chi connectivity index (χ4n) is 1.12. The van der Waals surface area contributed by atoms with E-state index < -0.39 is 18.9 Å². The van der Waals surface area contributed by atoms with Crippen LogP contribution < -0.4 is 10.5 Å². The normalized spacial score (nSPS) is 11.3. The Hall–Kier alpha value is -1.96. The predicted octanol–water partition coefficient (Wildman–Crippen LogP) is 1.88. The molecule has 0 atom stereocenters. The molecule has 0 spiro atoms. The van der Waals surface area contributed by atoms with Crippen molar-refractivity contribution in [2.75, 3.05) is 18.9 Å². The number of alkyl halides is 3. The van der Waals surface area contributed by atoms with Crippen LogP contribution in [0.2, 0.25) is 0 Å². The zero-order valence-electron chi connectivity index (χ0n) is 9.03. The topological polar surface area (TPSA) is 81.8 Å². The number of halogens is 3. The first-order valence-corrected chi connectivity index (χ1v) is 4.76. The summed E-state index contributed by atoms with van der Waals surface area (Å²) in [6, 6.07) is 3.66. The predicted molar refractivity (Wildman–Crippen MR) is 55.3 cm³/mol. The molecular formula is C10H10F3NO4. The van der Waals surface area contributed by atoms with Gasteiger partial charge in [0.15, 0.2) is 0 Å². The summed E-state index contributed by atoms with van der Waals surface area (Å²) in [6.45, 7) is -1.03. The minimum atomic E-state index is -4.71. The second-order valence-corrected chi connectivity index (χ2v) is 3.20. The van der Waals surface area contributed by atoms with Gasteiger partial charge in [-0.25, -0.2) is 4.79 Å². The van der Waals surface area contributed by atoms with Crippen LogP contribution in [0.1, 0.15) is 10.4 Å². The summed E-state index contributed by atoms with van der Waals surface area (Å²) in [7, 11) is 0. The molecule has 0 saturated carbocycles. The van der Waals surface area contributed by atoms with Crippen molar-refractivity contribution in [3.63, 3.8) is 0 Å². The molecule has 0 fully saturated rings. The maximum Gasteiger partial charge on any atom is 0.522 e. The highest BCUT2D eigenvalue weighted by Gasteiger charge is 2.28.